The first-order valence-electron chi connectivity index (χ1n) is 8.71. The molecule has 6 nitrogen and oxygen atoms in total. The first kappa shape index (κ1) is 19.3. The summed E-state index contributed by atoms with van der Waals surface area (Å²) in [6, 6.07) is 15.9. The summed E-state index contributed by atoms with van der Waals surface area (Å²) in [7, 11) is 0. The molecule has 0 aromatic heterocycles. The number of unbranched alkanes of at least 4 members (excludes halogenated alkanes) is 2. The number of hydrogen-bond donors (Lipinski definition) is 2. The predicted molar refractivity (Wildman–Crippen MR) is 100 cm³/mol. The average molecular weight is 356 g/mol. The van der Waals surface area contributed by atoms with Crippen molar-refractivity contribution in [3.05, 3.63) is 54.6 Å². The highest BCUT2D eigenvalue weighted by atomic mass is 16.5. The van der Waals surface area contributed by atoms with E-state index in [-0.39, 0.29) is 6.54 Å². The lowest BCUT2D eigenvalue weighted by atomic mass is 10.3. The lowest BCUT2D eigenvalue weighted by Crippen LogP contribution is -2.34. The highest BCUT2D eigenvalue weighted by Crippen LogP contribution is 2.22. The molecule has 2 N–H and O–H groups in total. The molecule has 6 heteroatoms. The molecule has 0 saturated heterocycles. The third-order valence-corrected chi connectivity index (χ3v) is 3.50. The Morgan fingerprint density at radius 3 is 2.31 bits per heavy atom. The minimum Gasteiger partial charge on any atom is -0.464 e. The number of hydrogen-bond acceptors (Lipinski definition) is 4. The van der Waals surface area contributed by atoms with Crippen LogP contribution in [0.2, 0.25) is 0 Å². The second-order valence-corrected chi connectivity index (χ2v) is 5.67. The molecule has 2 rings (SSSR count). The number of urea groups is 1. The standard InChI is InChI=1S/C20H24N2O4/c1-2-3-7-14-25-19(23)15-21-20(24)22-16-10-12-18(13-11-16)26-17-8-5-4-6-9-17/h4-6,8-13H,2-3,7,14-15H2,1H3,(H2,21,22,24). The molecule has 0 aliphatic rings. The summed E-state index contributed by atoms with van der Waals surface area (Å²) in [5.74, 6) is 0.962. The first-order chi connectivity index (χ1) is 12.7. The summed E-state index contributed by atoms with van der Waals surface area (Å²) >= 11 is 0. The minimum absolute atomic E-state index is 0.160. The molecule has 0 atom stereocenters. The van der Waals surface area contributed by atoms with Gasteiger partial charge in [0.15, 0.2) is 0 Å². The van der Waals surface area contributed by atoms with E-state index in [4.69, 9.17) is 9.47 Å². The van der Waals surface area contributed by atoms with Crippen molar-refractivity contribution >= 4 is 17.7 Å². The SMILES string of the molecule is CCCCCOC(=O)CNC(=O)Nc1ccc(Oc2ccccc2)cc1. The van der Waals surface area contributed by atoms with Crippen molar-refractivity contribution in [3.63, 3.8) is 0 Å². The van der Waals surface area contributed by atoms with Gasteiger partial charge in [-0.3, -0.25) is 4.79 Å². The van der Waals surface area contributed by atoms with Crippen molar-refractivity contribution < 1.29 is 19.1 Å². The highest BCUT2D eigenvalue weighted by molar-refractivity contribution is 5.91. The number of para-hydroxylation sites is 1. The molecule has 2 aromatic carbocycles. The van der Waals surface area contributed by atoms with E-state index in [0.717, 1.165) is 25.0 Å². The maximum Gasteiger partial charge on any atom is 0.325 e. The monoisotopic (exact) mass is 356 g/mol. The van der Waals surface area contributed by atoms with Crippen molar-refractivity contribution in [2.45, 2.75) is 26.2 Å². The quantitative estimate of drug-likeness (QED) is 0.518. The molecule has 0 saturated carbocycles. The van der Waals surface area contributed by atoms with E-state index < -0.39 is 12.0 Å². The van der Waals surface area contributed by atoms with Crippen molar-refractivity contribution in [3.8, 4) is 11.5 Å². The third-order valence-electron chi connectivity index (χ3n) is 3.50. The fourth-order valence-electron chi connectivity index (χ4n) is 2.15. The molecule has 2 amide bonds. The zero-order chi connectivity index (χ0) is 18.6. The van der Waals surface area contributed by atoms with Gasteiger partial charge in [0.05, 0.1) is 6.61 Å². The lowest BCUT2D eigenvalue weighted by Gasteiger charge is -2.09. The molecular weight excluding hydrogens is 332 g/mol. The van der Waals surface area contributed by atoms with E-state index >= 15 is 0 Å². The third kappa shape index (κ3) is 7.25. The predicted octanol–water partition coefficient (Wildman–Crippen LogP) is 4.33. The van der Waals surface area contributed by atoms with E-state index in [1.54, 1.807) is 24.3 Å². The topological polar surface area (TPSA) is 76.7 Å². The van der Waals surface area contributed by atoms with Gasteiger partial charge in [-0.1, -0.05) is 38.0 Å². The summed E-state index contributed by atoms with van der Waals surface area (Å²) in [5.41, 5.74) is 0.597. The Morgan fingerprint density at radius 1 is 0.923 bits per heavy atom. The normalized spacial score (nSPS) is 10.0. The molecule has 0 heterocycles. The van der Waals surface area contributed by atoms with Gasteiger partial charge >= 0.3 is 12.0 Å². The van der Waals surface area contributed by atoms with Crippen LogP contribution in [0.1, 0.15) is 26.2 Å². The number of ether oxygens (including phenoxy) is 2. The summed E-state index contributed by atoms with van der Waals surface area (Å²) < 4.78 is 10.7. The molecule has 0 unspecified atom stereocenters. The zero-order valence-electron chi connectivity index (χ0n) is 14.9. The number of rotatable bonds is 9. The Balaban J connectivity index is 1.71. The van der Waals surface area contributed by atoms with Gasteiger partial charge in [0, 0.05) is 5.69 Å². The van der Waals surface area contributed by atoms with Crippen LogP contribution < -0.4 is 15.4 Å². The molecule has 0 spiro atoms. The summed E-state index contributed by atoms with van der Waals surface area (Å²) in [4.78, 5) is 23.3. The Morgan fingerprint density at radius 2 is 1.62 bits per heavy atom. The minimum atomic E-state index is -0.466. The number of anilines is 1. The van der Waals surface area contributed by atoms with Gasteiger partial charge < -0.3 is 20.1 Å². The number of esters is 1. The van der Waals surface area contributed by atoms with Gasteiger partial charge in [0.1, 0.15) is 18.0 Å². The van der Waals surface area contributed by atoms with E-state index in [9.17, 15) is 9.59 Å². The van der Waals surface area contributed by atoms with Gasteiger partial charge in [-0.05, 0) is 42.8 Å². The maximum atomic E-state index is 11.8. The molecule has 0 bridgehead atoms. The highest BCUT2D eigenvalue weighted by Gasteiger charge is 2.07. The summed E-state index contributed by atoms with van der Waals surface area (Å²) in [6.45, 7) is 2.31. The van der Waals surface area contributed by atoms with E-state index in [0.29, 0.717) is 18.0 Å². The lowest BCUT2D eigenvalue weighted by molar-refractivity contribution is -0.142. The van der Waals surface area contributed by atoms with Crippen molar-refractivity contribution in [1.29, 1.82) is 0 Å². The van der Waals surface area contributed by atoms with Crippen molar-refractivity contribution in [2.75, 3.05) is 18.5 Å². The van der Waals surface area contributed by atoms with Gasteiger partial charge in [-0.15, -0.1) is 0 Å². The summed E-state index contributed by atoms with van der Waals surface area (Å²) in [5, 5.41) is 5.12. The van der Waals surface area contributed by atoms with Crippen molar-refractivity contribution in [2.24, 2.45) is 0 Å². The zero-order valence-corrected chi connectivity index (χ0v) is 14.9. The molecule has 0 radical (unpaired) electrons. The Bertz CT molecular complexity index is 687. The second kappa shape index (κ2) is 10.8. The number of carbonyl (C=O) groups is 2. The maximum absolute atomic E-state index is 11.8. The van der Waals surface area contributed by atoms with Crippen LogP contribution in [0.5, 0.6) is 11.5 Å². The number of nitrogens with one attached hydrogen (secondary N) is 2. The van der Waals surface area contributed by atoms with Crippen LogP contribution in [0.15, 0.2) is 54.6 Å². The van der Waals surface area contributed by atoms with Gasteiger partial charge in [0.25, 0.3) is 0 Å². The molecular formula is C20H24N2O4. The fourth-order valence-corrected chi connectivity index (χ4v) is 2.15. The Hall–Kier alpha value is -3.02. The van der Waals surface area contributed by atoms with Gasteiger partial charge in [0.2, 0.25) is 0 Å². The first-order valence-corrected chi connectivity index (χ1v) is 8.71. The van der Waals surface area contributed by atoms with Crippen LogP contribution in [0.25, 0.3) is 0 Å². The Labute approximate surface area is 153 Å². The Kier molecular flexibility index (Phi) is 7.99. The largest absolute Gasteiger partial charge is 0.464 e. The van der Waals surface area contributed by atoms with Crippen LogP contribution in [0.4, 0.5) is 10.5 Å². The molecule has 2 aromatic rings. The molecule has 26 heavy (non-hydrogen) atoms. The van der Waals surface area contributed by atoms with Gasteiger partial charge in [-0.2, -0.15) is 0 Å². The smallest absolute Gasteiger partial charge is 0.325 e. The molecule has 0 aliphatic heterocycles. The van der Waals surface area contributed by atoms with Gasteiger partial charge in [-0.25, -0.2) is 4.79 Å². The molecule has 0 aliphatic carbocycles. The van der Waals surface area contributed by atoms with Crippen LogP contribution in [0, 0.1) is 0 Å². The van der Waals surface area contributed by atoms with Crippen LogP contribution >= 0.6 is 0 Å². The second-order valence-electron chi connectivity index (χ2n) is 5.67. The van der Waals surface area contributed by atoms with Crippen LogP contribution in [-0.4, -0.2) is 25.2 Å². The van der Waals surface area contributed by atoms with E-state index in [1.807, 2.05) is 30.3 Å². The molecule has 0 fully saturated rings. The van der Waals surface area contributed by atoms with Crippen molar-refractivity contribution in [1.82, 2.24) is 5.32 Å². The summed E-state index contributed by atoms with van der Waals surface area (Å²) in [6.07, 6.45) is 2.92. The van der Waals surface area contributed by atoms with E-state index in [1.165, 1.54) is 0 Å². The number of amides is 2. The average Bonchev–Trinajstić information content (AvgIpc) is 2.66. The number of benzene rings is 2. The fraction of sp³-hybridized carbons (Fsp3) is 0.300. The number of carbonyl (C=O) groups excluding carboxylic acids is 2. The van der Waals surface area contributed by atoms with E-state index in [2.05, 4.69) is 17.6 Å². The molecule has 138 valence electrons. The van der Waals surface area contributed by atoms with Crippen LogP contribution in [0.3, 0.4) is 0 Å². The van der Waals surface area contributed by atoms with Crippen LogP contribution in [-0.2, 0) is 9.53 Å².